The summed E-state index contributed by atoms with van der Waals surface area (Å²) in [6.45, 7) is 0. The number of Topliss-reactive ketones (excluding diaryl/α,β-unsaturated/α-hetero) is 2. The molecule has 0 aliphatic heterocycles. The molecule has 0 bridgehead atoms. The Morgan fingerprint density at radius 3 is 1.41 bits per heavy atom. The number of hydrogen-bond acceptors (Lipinski definition) is 2. The smallest absolute Gasteiger partial charge is 0.174 e. The third-order valence-electron chi connectivity index (χ3n) is 5.52. The van der Waals surface area contributed by atoms with Crippen LogP contribution in [0.2, 0.25) is 0 Å². The number of allylic oxidation sites excluding steroid dienone is 1. The first kappa shape index (κ1) is 21.2. The molecule has 0 fully saturated rings. The number of carbonyl (C=O) groups is 2. The third kappa shape index (κ3) is 4.98. The zero-order valence-corrected chi connectivity index (χ0v) is 17.7. The predicted molar refractivity (Wildman–Crippen MR) is 130 cm³/mol. The van der Waals surface area contributed by atoms with Crippen molar-refractivity contribution in [3.63, 3.8) is 0 Å². The Labute approximate surface area is 188 Å². The van der Waals surface area contributed by atoms with Gasteiger partial charge in [-0.2, -0.15) is 0 Å². The van der Waals surface area contributed by atoms with E-state index in [1.165, 1.54) is 0 Å². The SMILES string of the molecule is O=C(c1ccccc1)C(C(=O)c1ccccc1)[C@H](/C=C/c1ccccc1)c1ccccc1. The summed E-state index contributed by atoms with van der Waals surface area (Å²) in [4.78, 5) is 27.5. The Bertz CT molecular complexity index is 1130. The molecule has 0 spiro atoms. The number of benzene rings is 4. The Morgan fingerprint density at radius 1 is 0.531 bits per heavy atom. The van der Waals surface area contributed by atoms with Crippen molar-refractivity contribution >= 4 is 17.6 Å². The minimum atomic E-state index is -0.873. The molecule has 0 aromatic heterocycles. The van der Waals surface area contributed by atoms with E-state index < -0.39 is 11.8 Å². The van der Waals surface area contributed by atoms with Crippen LogP contribution in [-0.2, 0) is 0 Å². The number of ketones is 2. The summed E-state index contributed by atoms with van der Waals surface area (Å²) in [5, 5.41) is 0. The molecule has 4 aromatic carbocycles. The topological polar surface area (TPSA) is 34.1 Å². The number of hydrogen-bond donors (Lipinski definition) is 0. The van der Waals surface area contributed by atoms with E-state index in [4.69, 9.17) is 0 Å². The lowest BCUT2D eigenvalue weighted by molar-refractivity contribution is 0.0795. The predicted octanol–water partition coefficient (Wildman–Crippen LogP) is 6.87. The fraction of sp³-hybridized carbons (Fsp3) is 0.0667. The van der Waals surface area contributed by atoms with Crippen molar-refractivity contribution in [1.29, 1.82) is 0 Å². The van der Waals surface area contributed by atoms with Gasteiger partial charge in [0.05, 0.1) is 5.92 Å². The zero-order valence-electron chi connectivity index (χ0n) is 17.7. The van der Waals surface area contributed by atoms with Crippen molar-refractivity contribution in [2.75, 3.05) is 0 Å². The second-order valence-electron chi connectivity index (χ2n) is 7.64. The highest BCUT2D eigenvalue weighted by Gasteiger charge is 2.35. The van der Waals surface area contributed by atoms with Crippen molar-refractivity contribution in [2.24, 2.45) is 5.92 Å². The van der Waals surface area contributed by atoms with Gasteiger partial charge in [-0.05, 0) is 11.1 Å². The van der Waals surface area contributed by atoms with Gasteiger partial charge in [0.1, 0.15) is 0 Å². The second-order valence-corrected chi connectivity index (χ2v) is 7.64. The molecule has 2 nitrogen and oxygen atoms in total. The largest absolute Gasteiger partial charge is 0.293 e. The van der Waals surface area contributed by atoms with Crippen molar-refractivity contribution in [1.82, 2.24) is 0 Å². The summed E-state index contributed by atoms with van der Waals surface area (Å²) in [5.41, 5.74) is 3.02. The first-order chi connectivity index (χ1) is 15.7. The molecular weight excluding hydrogens is 392 g/mol. The molecule has 4 rings (SSSR count). The minimum Gasteiger partial charge on any atom is -0.293 e. The zero-order chi connectivity index (χ0) is 22.2. The Morgan fingerprint density at radius 2 is 0.938 bits per heavy atom. The summed E-state index contributed by atoms with van der Waals surface area (Å²) < 4.78 is 0. The van der Waals surface area contributed by atoms with Crippen LogP contribution in [-0.4, -0.2) is 11.6 Å². The van der Waals surface area contributed by atoms with Crippen LogP contribution in [0, 0.1) is 5.92 Å². The molecule has 0 heterocycles. The molecule has 0 saturated carbocycles. The lowest BCUT2D eigenvalue weighted by Crippen LogP contribution is -2.30. The van der Waals surface area contributed by atoms with Gasteiger partial charge in [0, 0.05) is 17.0 Å². The summed E-state index contributed by atoms with van der Waals surface area (Å²) in [6, 6.07) is 37.8. The van der Waals surface area contributed by atoms with Crippen LogP contribution >= 0.6 is 0 Å². The molecule has 0 unspecified atom stereocenters. The van der Waals surface area contributed by atoms with Crippen LogP contribution in [0.5, 0.6) is 0 Å². The fourth-order valence-corrected chi connectivity index (χ4v) is 3.88. The lowest BCUT2D eigenvalue weighted by atomic mass is 9.76. The van der Waals surface area contributed by atoms with E-state index >= 15 is 0 Å². The average molecular weight is 417 g/mol. The van der Waals surface area contributed by atoms with Gasteiger partial charge >= 0.3 is 0 Å². The van der Waals surface area contributed by atoms with Crippen LogP contribution in [0.4, 0.5) is 0 Å². The van der Waals surface area contributed by atoms with E-state index in [1.807, 2.05) is 109 Å². The monoisotopic (exact) mass is 416 g/mol. The van der Waals surface area contributed by atoms with Crippen molar-refractivity contribution in [2.45, 2.75) is 5.92 Å². The lowest BCUT2D eigenvalue weighted by Gasteiger charge is -2.24. The van der Waals surface area contributed by atoms with Gasteiger partial charge in [-0.25, -0.2) is 0 Å². The van der Waals surface area contributed by atoms with Gasteiger partial charge in [-0.15, -0.1) is 0 Å². The van der Waals surface area contributed by atoms with E-state index in [0.717, 1.165) is 11.1 Å². The first-order valence-corrected chi connectivity index (χ1v) is 10.7. The molecule has 0 saturated heterocycles. The summed E-state index contributed by atoms with van der Waals surface area (Å²) in [5.74, 6) is -1.63. The van der Waals surface area contributed by atoms with Gasteiger partial charge in [0.2, 0.25) is 0 Å². The maximum absolute atomic E-state index is 13.7. The first-order valence-electron chi connectivity index (χ1n) is 10.7. The Kier molecular flexibility index (Phi) is 6.84. The highest BCUT2D eigenvalue weighted by atomic mass is 16.2. The van der Waals surface area contributed by atoms with Gasteiger partial charge in [-0.1, -0.05) is 133 Å². The van der Waals surface area contributed by atoms with E-state index in [1.54, 1.807) is 24.3 Å². The number of rotatable bonds is 8. The Balaban J connectivity index is 1.83. The summed E-state index contributed by atoms with van der Waals surface area (Å²) >= 11 is 0. The van der Waals surface area contributed by atoms with Gasteiger partial charge < -0.3 is 0 Å². The molecule has 1 atom stereocenters. The maximum Gasteiger partial charge on any atom is 0.174 e. The van der Waals surface area contributed by atoms with E-state index in [-0.39, 0.29) is 11.6 Å². The molecule has 0 radical (unpaired) electrons. The molecule has 0 aliphatic carbocycles. The Hall–Kier alpha value is -4.04. The van der Waals surface area contributed by atoms with Crippen molar-refractivity contribution in [3.05, 3.63) is 150 Å². The molecule has 0 aliphatic rings. The van der Waals surface area contributed by atoms with Gasteiger partial charge in [0.15, 0.2) is 11.6 Å². The summed E-state index contributed by atoms with van der Waals surface area (Å²) in [6.07, 6.45) is 3.97. The van der Waals surface area contributed by atoms with E-state index in [2.05, 4.69) is 0 Å². The third-order valence-corrected chi connectivity index (χ3v) is 5.52. The number of carbonyl (C=O) groups excluding carboxylic acids is 2. The normalized spacial score (nSPS) is 12.0. The van der Waals surface area contributed by atoms with Crippen LogP contribution in [0.1, 0.15) is 37.8 Å². The summed E-state index contributed by atoms with van der Waals surface area (Å²) in [7, 11) is 0. The van der Waals surface area contributed by atoms with Crippen molar-refractivity contribution in [3.8, 4) is 0 Å². The van der Waals surface area contributed by atoms with Gasteiger partial charge in [-0.3, -0.25) is 9.59 Å². The highest BCUT2D eigenvalue weighted by molar-refractivity contribution is 6.17. The van der Waals surface area contributed by atoms with Gasteiger partial charge in [0.25, 0.3) is 0 Å². The molecule has 156 valence electrons. The van der Waals surface area contributed by atoms with Crippen molar-refractivity contribution < 1.29 is 9.59 Å². The molecule has 0 N–H and O–H groups in total. The quantitative estimate of drug-likeness (QED) is 0.232. The molecule has 4 aromatic rings. The van der Waals surface area contributed by atoms with E-state index in [0.29, 0.717) is 11.1 Å². The van der Waals surface area contributed by atoms with Crippen LogP contribution in [0.15, 0.2) is 127 Å². The maximum atomic E-state index is 13.7. The standard InChI is InChI=1S/C30H24O2/c31-29(25-17-9-3-10-18-25)28(30(32)26-19-11-4-12-20-26)27(24-15-7-2-8-16-24)22-21-23-13-5-1-6-14-23/h1-22,27-28H/b22-21+/t27-/m1/s1. The fourth-order valence-electron chi connectivity index (χ4n) is 3.88. The molecule has 2 heteroatoms. The van der Waals surface area contributed by atoms with E-state index in [9.17, 15) is 9.59 Å². The average Bonchev–Trinajstić information content (AvgIpc) is 2.88. The minimum absolute atomic E-state index is 0.175. The molecule has 0 amide bonds. The van der Waals surface area contributed by atoms with Crippen LogP contribution < -0.4 is 0 Å². The molecule has 32 heavy (non-hydrogen) atoms. The molecular formula is C30H24O2. The second kappa shape index (κ2) is 10.3. The van der Waals surface area contributed by atoms with Crippen LogP contribution in [0.3, 0.4) is 0 Å². The highest BCUT2D eigenvalue weighted by Crippen LogP contribution is 2.33. The van der Waals surface area contributed by atoms with Crippen LogP contribution in [0.25, 0.3) is 6.08 Å².